The van der Waals surface area contributed by atoms with Gasteiger partial charge in [-0.1, -0.05) is 6.07 Å². The zero-order valence-electron chi connectivity index (χ0n) is 14.4. The highest BCUT2D eigenvalue weighted by molar-refractivity contribution is 5.92. The summed E-state index contributed by atoms with van der Waals surface area (Å²) in [4.78, 5) is 15.8. The van der Waals surface area contributed by atoms with Crippen molar-refractivity contribution in [2.24, 2.45) is 4.99 Å². The third-order valence-electron chi connectivity index (χ3n) is 3.14. The summed E-state index contributed by atoms with van der Waals surface area (Å²) in [6, 6.07) is 4.87. The number of hydrogen-bond acceptors (Lipinski definition) is 4. The van der Waals surface area contributed by atoms with Crippen LogP contribution in [-0.2, 0) is 11.3 Å². The molecule has 0 aliphatic carbocycles. The van der Waals surface area contributed by atoms with Crippen LogP contribution in [0.15, 0.2) is 23.2 Å². The number of guanidine groups is 1. The Bertz CT molecular complexity index is 604. The van der Waals surface area contributed by atoms with Crippen molar-refractivity contribution in [3.8, 4) is 5.75 Å². The molecule has 0 aliphatic heterocycles. The lowest BCUT2D eigenvalue weighted by atomic mass is 10.1. The van der Waals surface area contributed by atoms with E-state index >= 15 is 0 Å². The summed E-state index contributed by atoms with van der Waals surface area (Å²) in [5.74, 6) is 0.103. The maximum Gasteiger partial charge on any atom is 0.390 e. The van der Waals surface area contributed by atoms with Crippen LogP contribution in [0.25, 0.3) is 0 Å². The highest BCUT2D eigenvalue weighted by Gasteiger charge is 2.26. The SMILES string of the molecule is CCNC(=NCc1ccc(C(=O)OC)c(OC)c1)NCCC(F)(F)F. The third kappa shape index (κ3) is 7.32. The van der Waals surface area contributed by atoms with Gasteiger partial charge in [0.25, 0.3) is 0 Å². The van der Waals surface area contributed by atoms with Crippen LogP contribution in [0.1, 0.15) is 29.3 Å². The van der Waals surface area contributed by atoms with E-state index in [1.54, 1.807) is 18.2 Å². The lowest BCUT2D eigenvalue weighted by Crippen LogP contribution is -2.38. The summed E-state index contributed by atoms with van der Waals surface area (Å²) in [5, 5.41) is 5.50. The number of methoxy groups -OCH3 is 2. The van der Waals surface area contributed by atoms with Crippen molar-refractivity contribution < 1.29 is 27.4 Å². The minimum Gasteiger partial charge on any atom is -0.496 e. The number of esters is 1. The van der Waals surface area contributed by atoms with Crippen molar-refractivity contribution in [2.45, 2.75) is 26.1 Å². The fourth-order valence-electron chi connectivity index (χ4n) is 1.95. The van der Waals surface area contributed by atoms with Crippen LogP contribution in [0.3, 0.4) is 0 Å². The van der Waals surface area contributed by atoms with Gasteiger partial charge >= 0.3 is 12.1 Å². The van der Waals surface area contributed by atoms with E-state index in [4.69, 9.17) is 4.74 Å². The lowest BCUT2D eigenvalue weighted by Gasteiger charge is -2.13. The molecule has 0 heterocycles. The fourth-order valence-corrected chi connectivity index (χ4v) is 1.95. The van der Waals surface area contributed by atoms with E-state index in [1.165, 1.54) is 14.2 Å². The van der Waals surface area contributed by atoms with Crippen molar-refractivity contribution in [2.75, 3.05) is 27.3 Å². The predicted octanol–water partition coefficient (Wildman–Crippen LogP) is 2.49. The number of hydrogen-bond donors (Lipinski definition) is 2. The Morgan fingerprint density at radius 1 is 1.24 bits per heavy atom. The molecule has 140 valence electrons. The molecule has 0 atom stereocenters. The highest BCUT2D eigenvalue weighted by Crippen LogP contribution is 2.21. The van der Waals surface area contributed by atoms with Crippen LogP contribution in [0.4, 0.5) is 13.2 Å². The smallest absolute Gasteiger partial charge is 0.390 e. The Kier molecular flexibility index (Phi) is 8.03. The molecule has 1 aromatic carbocycles. The van der Waals surface area contributed by atoms with Gasteiger partial charge in [-0.25, -0.2) is 9.79 Å². The van der Waals surface area contributed by atoms with Crippen LogP contribution >= 0.6 is 0 Å². The fraction of sp³-hybridized carbons (Fsp3) is 0.500. The average molecular weight is 361 g/mol. The predicted molar refractivity (Wildman–Crippen MR) is 87.8 cm³/mol. The molecule has 0 saturated heterocycles. The maximum absolute atomic E-state index is 12.2. The molecule has 0 fully saturated rings. The summed E-state index contributed by atoms with van der Waals surface area (Å²) in [5.41, 5.74) is 1.02. The second-order valence-corrected chi connectivity index (χ2v) is 5.01. The molecular weight excluding hydrogens is 339 g/mol. The third-order valence-corrected chi connectivity index (χ3v) is 3.14. The minimum absolute atomic E-state index is 0.208. The van der Waals surface area contributed by atoms with E-state index in [2.05, 4.69) is 20.4 Å². The molecule has 2 N–H and O–H groups in total. The first kappa shape index (κ1) is 20.6. The molecular formula is C16H22F3N3O3. The summed E-state index contributed by atoms with van der Waals surface area (Å²) >= 11 is 0. The van der Waals surface area contributed by atoms with E-state index in [1.807, 2.05) is 6.92 Å². The summed E-state index contributed by atoms with van der Waals surface area (Å²) in [7, 11) is 2.70. The number of carbonyl (C=O) groups is 1. The summed E-state index contributed by atoms with van der Waals surface area (Å²) in [6.45, 7) is 2.27. The van der Waals surface area contributed by atoms with Crippen molar-refractivity contribution >= 4 is 11.9 Å². The van der Waals surface area contributed by atoms with Crippen LogP contribution in [-0.4, -0.2) is 45.4 Å². The molecule has 0 aliphatic rings. The van der Waals surface area contributed by atoms with Gasteiger partial charge < -0.3 is 20.1 Å². The van der Waals surface area contributed by atoms with Gasteiger partial charge in [0.15, 0.2) is 5.96 Å². The van der Waals surface area contributed by atoms with Gasteiger partial charge in [0.1, 0.15) is 11.3 Å². The molecule has 0 aromatic heterocycles. The molecule has 25 heavy (non-hydrogen) atoms. The molecule has 1 aromatic rings. The number of nitrogens with zero attached hydrogens (tertiary/aromatic N) is 1. The monoisotopic (exact) mass is 361 g/mol. The zero-order valence-corrected chi connectivity index (χ0v) is 14.4. The van der Waals surface area contributed by atoms with E-state index in [0.29, 0.717) is 12.3 Å². The number of carbonyl (C=O) groups excluding carboxylic acids is 1. The van der Waals surface area contributed by atoms with Gasteiger partial charge in [-0.3, -0.25) is 0 Å². The van der Waals surface area contributed by atoms with Gasteiger partial charge in [-0.15, -0.1) is 0 Å². The van der Waals surface area contributed by atoms with Crippen LogP contribution in [0, 0.1) is 0 Å². The van der Waals surface area contributed by atoms with E-state index < -0.39 is 18.6 Å². The standard InChI is InChI=1S/C16H22F3N3O3/c1-4-20-15(21-8-7-16(17,18)19)22-10-11-5-6-12(14(23)25-3)13(9-11)24-2/h5-6,9H,4,7-8,10H2,1-3H3,(H2,20,21,22). The molecule has 0 spiro atoms. The second kappa shape index (κ2) is 9.75. The normalized spacial score (nSPS) is 11.8. The molecule has 0 radical (unpaired) electrons. The number of ether oxygens (including phenoxy) is 2. The largest absolute Gasteiger partial charge is 0.496 e. The number of rotatable bonds is 7. The number of nitrogens with one attached hydrogen (secondary N) is 2. The highest BCUT2D eigenvalue weighted by atomic mass is 19.4. The van der Waals surface area contributed by atoms with Gasteiger partial charge in [0, 0.05) is 13.1 Å². The van der Waals surface area contributed by atoms with Crippen LogP contribution in [0.5, 0.6) is 5.75 Å². The molecule has 0 unspecified atom stereocenters. The molecule has 6 nitrogen and oxygen atoms in total. The zero-order chi connectivity index (χ0) is 18.9. The number of halogens is 3. The Labute approximate surface area is 144 Å². The lowest BCUT2D eigenvalue weighted by molar-refractivity contribution is -0.132. The average Bonchev–Trinajstić information content (AvgIpc) is 2.57. The molecule has 0 amide bonds. The molecule has 1 rings (SSSR count). The number of alkyl halides is 3. The number of benzene rings is 1. The second-order valence-electron chi connectivity index (χ2n) is 5.01. The number of aliphatic imine (C=N–C) groups is 1. The van der Waals surface area contributed by atoms with Crippen molar-refractivity contribution in [1.29, 1.82) is 0 Å². The van der Waals surface area contributed by atoms with Gasteiger partial charge in [-0.2, -0.15) is 13.2 Å². The van der Waals surface area contributed by atoms with Gasteiger partial charge in [0.05, 0.1) is 27.2 Å². The topological polar surface area (TPSA) is 72.0 Å². The van der Waals surface area contributed by atoms with E-state index in [0.717, 1.165) is 5.56 Å². The van der Waals surface area contributed by atoms with E-state index in [9.17, 15) is 18.0 Å². The van der Waals surface area contributed by atoms with Gasteiger partial charge in [0.2, 0.25) is 0 Å². The van der Waals surface area contributed by atoms with Crippen molar-refractivity contribution in [1.82, 2.24) is 10.6 Å². The van der Waals surface area contributed by atoms with Crippen LogP contribution < -0.4 is 15.4 Å². The quantitative estimate of drug-likeness (QED) is 0.444. The van der Waals surface area contributed by atoms with Crippen molar-refractivity contribution in [3.05, 3.63) is 29.3 Å². The minimum atomic E-state index is -4.22. The first-order valence-corrected chi connectivity index (χ1v) is 7.65. The molecule has 0 bridgehead atoms. The Morgan fingerprint density at radius 2 is 1.96 bits per heavy atom. The van der Waals surface area contributed by atoms with E-state index in [-0.39, 0.29) is 24.6 Å². The molecule has 9 heteroatoms. The van der Waals surface area contributed by atoms with Crippen molar-refractivity contribution in [3.63, 3.8) is 0 Å². The summed E-state index contributed by atoms with van der Waals surface area (Å²) in [6.07, 6.45) is -5.17. The van der Waals surface area contributed by atoms with Gasteiger partial charge in [-0.05, 0) is 24.6 Å². The first-order valence-electron chi connectivity index (χ1n) is 7.65. The molecule has 0 saturated carbocycles. The Morgan fingerprint density at radius 3 is 2.52 bits per heavy atom. The Hall–Kier alpha value is -2.45. The first-order chi connectivity index (χ1) is 11.8. The van der Waals surface area contributed by atoms with Crippen LogP contribution in [0.2, 0.25) is 0 Å². The summed E-state index contributed by atoms with van der Waals surface area (Å²) < 4.78 is 46.4. The maximum atomic E-state index is 12.2. The Balaban J connectivity index is 2.79.